The lowest BCUT2D eigenvalue weighted by Gasteiger charge is -2.12. The van der Waals surface area contributed by atoms with Crippen molar-refractivity contribution in [2.45, 2.75) is 39.3 Å². The Balaban J connectivity index is 0.00000420. The number of aromatic nitrogens is 1. The fraction of sp³-hybridized carbons (Fsp3) is 0.455. The molecule has 29 heavy (non-hydrogen) atoms. The van der Waals surface area contributed by atoms with Crippen molar-refractivity contribution >= 4 is 29.9 Å². The summed E-state index contributed by atoms with van der Waals surface area (Å²) in [4.78, 5) is 8.54. The second kappa shape index (κ2) is 16.0. The molecule has 2 aromatic rings. The van der Waals surface area contributed by atoms with Crippen LogP contribution < -0.4 is 15.4 Å². The third-order valence-electron chi connectivity index (χ3n) is 4.11. The maximum atomic E-state index is 5.79. The van der Waals surface area contributed by atoms with E-state index in [9.17, 15) is 0 Å². The fourth-order valence-corrected chi connectivity index (χ4v) is 2.51. The Labute approximate surface area is 191 Å². The van der Waals surface area contributed by atoms with Gasteiger partial charge in [0.05, 0.1) is 0 Å². The fourth-order valence-electron chi connectivity index (χ4n) is 2.51. The van der Waals surface area contributed by atoms with Crippen molar-refractivity contribution in [3.8, 4) is 5.88 Å². The van der Waals surface area contributed by atoms with Crippen LogP contribution >= 0.6 is 24.0 Å². The Kier molecular flexibility index (Phi) is 13.9. The number of aliphatic imine (C=N–C) groups is 1. The number of unbranched alkanes of at least 4 members (excludes halogenated alkanes) is 1. The highest BCUT2D eigenvalue weighted by atomic mass is 127. The number of hydrogen-bond acceptors (Lipinski definition) is 4. The van der Waals surface area contributed by atoms with Gasteiger partial charge in [0.1, 0.15) is 6.61 Å². The van der Waals surface area contributed by atoms with E-state index in [1.807, 2.05) is 42.5 Å². The third kappa shape index (κ3) is 11.0. The summed E-state index contributed by atoms with van der Waals surface area (Å²) in [7, 11) is 1.77. The first kappa shape index (κ1) is 25.2. The molecule has 0 fully saturated rings. The van der Waals surface area contributed by atoms with Crippen LogP contribution in [0.5, 0.6) is 5.88 Å². The van der Waals surface area contributed by atoms with E-state index in [2.05, 4.69) is 27.5 Å². The van der Waals surface area contributed by atoms with Crippen molar-refractivity contribution in [3.05, 3.63) is 59.8 Å². The molecule has 0 spiro atoms. The lowest BCUT2D eigenvalue weighted by atomic mass is 10.2. The van der Waals surface area contributed by atoms with Gasteiger partial charge in [0.2, 0.25) is 5.88 Å². The molecule has 2 N–H and O–H groups in total. The van der Waals surface area contributed by atoms with Gasteiger partial charge < -0.3 is 20.1 Å². The molecular formula is C22H33IN4O2. The van der Waals surface area contributed by atoms with Crippen LogP contribution in [0.1, 0.15) is 37.3 Å². The second-order valence-electron chi connectivity index (χ2n) is 6.45. The quantitative estimate of drug-likeness (QED) is 0.194. The molecule has 1 heterocycles. The van der Waals surface area contributed by atoms with Crippen LogP contribution in [-0.2, 0) is 17.9 Å². The summed E-state index contributed by atoms with van der Waals surface area (Å²) in [5.41, 5.74) is 2.21. The number of guanidine groups is 1. The number of pyridine rings is 1. The van der Waals surface area contributed by atoms with Crippen LogP contribution in [0.2, 0.25) is 0 Å². The lowest BCUT2D eigenvalue weighted by molar-refractivity contribution is 0.129. The summed E-state index contributed by atoms with van der Waals surface area (Å²) >= 11 is 0. The Bertz CT molecular complexity index is 698. The van der Waals surface area contributed by atoms with Crippen molar-refractivity contribution in [2.24, 2.45) is 4.99 Å². The summed E-state index contributed by atoms with van der Waals surface area (Å²) in [5, 5.41) is 6.62. The predicted octanol–water partition coefficient (Wildman–Crippen LogP) is 4.15. The highest BCUT2D eigenvalue weighted by Gasteiger charge is 2.02. The highest BCUT2D eigenvalue weighted by molar-refractivity contribution is 14.0. The summed E-state index contributed by atoms with van der Waals surface area (Å²) < 4.78 is 11.4. The molecule has 0 atom stereocenters. The molecule has 0 aliphatic rings. The van der Waals surface area contributed by atoms with Crippen molar-refractivity contribution in [2.75, 3.05) is 26.8 Å². The SMILES string of the molecule is CCCCOCCCNC(=NC)NCc1ccnc(OCc2ccccc2)c1.I. The average Bonchev–Trinajstić information content (AvgIpc) is 2.75. The zero-order valence-corrected chi connectivity index (χ0v) is 19.7. The standard InChI is InChI=1S/C22H32N4O2.HI/c1-3-4-14-27-15-8-12-25-22(23-2)26-17-20-11-13-24-21(16-20)28-18-19-9-6-5-7-10-19;/h5-7,9-11,13,16H,3-4,8,12,14-15,17-18H2,1-2H3,(H2,23,25,26);1H. The van der Waals surface area contributed by atoms with E-state index in [1.165, 1.54) is 6.42 Å². The van der Waals surface area contributed by atoms with Gasteiger partial charge in [0, 0.05) is 45.6 Å². The maximum absolute atomic E-state index is 5.79. The number of ether oxygens (including phenoxy) is 2. The summed E-state index contributed by atoms with van der Waals surface area (Å²) in [6.07, 6.45) is 5.01. The van der Waals surface area contributed by atoms with E-state index in [0.717, 1.165) is 49.7 Å². The highest BCUT2D eigenvalue weighted by Crippen LogP contribution is 2.11. The molecule has 0 unspecified atom stereocenters. The van der Waals surface area contributed by atoms with Gasteiger partial charge in [-0.15, -0.1) is 24.0 Å². The second-order valence-corrected chi connectivity index (χ2v) is 6.45. The molecule has 6 nitrogen and oxygen atoms in total. The number of nitrogens with one attached hydrogen (secondary N) is 2. The van der Waals surface area contributed by atoms with Gasteiger partial charge in [-0.1, -0.05) is 43.7 Å². The molecular weight excluding hydrogens is 479 g/mol. The van der Waals surface area contributed by atoms with E-state index in [4.69, 9.17) is 9.47 Å². The molecule has 1 aromatic carbocycles. The minimum absolute atomic E-state index is 0. The molecule has 0 saturated carbocycles. The number of halogens is 1. The minimum atomic E-state index is 0. The van der Waals surface area contributed by atoms with E-state index in [0.29, 0.717) is 19.0 Å². The molecule has 2 rings (SSSR count). The van der Waals surface area contributed by atoms with Crippen LogP contribution in [0.4, 0.5) is 0 Å². The zero-order valence-electron chi connectivity index (χ0n) is 17.4. The zero-order chi connectivity index (χ0) is 19.9. The van der Waals surface area contributed by atoms with Gasteiger partial charge in [-0.25, -0.2) is 4.98 Å². The minimum Gasteiger partial charge on any atom is -0.473 e. The molecule has 160 valence electrons. The van der Waals surface area contributed by atoms with Gasteiger partial charge in [-0.3, -0.25) is 4.99 Å². The largest absolute Gasteiger partial charge is 0.473 e. The van der Waals surface area contributed by atoms with Crippen LogP contribution in [0.25, 0.3) is 0 Å². The summed E-state index contributed by atoms with van der Waals surface area (Å²) in [6.45, 7) is 5.77. The topological polar surface area (TPSA) is 67.8 Å². The molecule has 0 radical (unpaired) electrons. The summed E-state index contributed by atoms with van der Waals surface area (Å²) in [6, 6.07) is 14.0. The van der Waals surface area contributed by atoms with Crippen molar-refractivity contribution in [1.29, 1.82) is 0 Å². The van der Waals surface area contributed by atoms with Gasteiger partial charge in [0.15, 0.2) is 5.96 Å². The van der Waals surface area contributed by atoms with Gasteiger partial charge in [-0.05, 0) is 30.0 Å². The molecule has 0 saturated heterocycles. The van der Waals surface area contributed by atoms with E-state index in [-0.39, 0.29) is 24.0 Å². The van der Waals surface area contributed by atoms with Crippen LogP contribution in [0, 0.1) is 0 Å². The third-order valence-corrected chi connectivity index (χ3v) is 4.11. The Morgan fingerprint density at radius 3 is 2.59 bits per heavy atom. The van der Waals surface area contributed by atoms with E-state index in [1.54, 1.807) is 13.2 Å². The first-order valence-electron chi connectivity index (χ1n) is 9.95. The first-order chi connectivity index (χ1) is 13.8. The normalized spacial score (nSPS) is 10.9. The van der Waals surface area contributed by atoms with Crippen LogP contribution in [-0.4, -0.2) is 37.7 Å². The Morgan fingerprint density at radius 2 is 1.83 bits per heavy atom. The molecule has 0 aliphatic carbocycles. The maximum Gasteiger partial charge on any atom is 0.213 e. The predicted molar refractivity (Wildman–Crippen MR) is 129 cm³/mol. The molecule has 0 amide bonds. The van der Waals surface area contributed by atoms with Gasteiger partial charge in [0.25, 0.3) is 0 Å². The van der Waals surface area contributed by atoms with E-state index < -0.39 is 0 Å². The molecule has 1 aromatic heterocycles. The van der Waals surface area contributed by atoms with Gasteiger partial charge >= 0.3 is 0 Å². The van der Waals surface area contributed by atoms with Gasteiger partial charge in [-0.2, -0.15) is 0 Å². The first-order valence-corrected chi connectivity index (χ1v) is 9.95. The van der Waals surface area contributed by atoms with Crippen molar-refractivity contribution in [3.63, 3.8) is 0 Å². The summed E-state index contributed by atoms with van der Waals surface area (Å²) in [5.74, 6) is 1.40. The average molecular weight is 512 g/mol. The number of nitrogens with zero attached hydrogens (tertiary/aromatic N) is 2. The molecule has 0 aliphatic heterocycles. The molecule has 7 heteroatoms. The van der Waals surface area contributed by atoms with E-state index >= 15 is 0 Å². The number of hydrogen-bond donors (Lipinski definition) is 2. The number of rotatable bonds is 12. The Morgan fingerprint density at radius 1 is 1.03 bits per heavy atom. The monoisotopic (exact) mass is 512 g/mol. The van der Waals surface area contributed by atoms with Crippen molar-refractivity contribution in [1.82, 2.24) is 15.6 Å². The Hall–Kier alpha value is -1.87. The van der Waals surface area contributed by atoms with Crippen LogP contribution in [0.15, 0.2) is 53.7 Å². The lowest BCUT2D eigenvalue weighted by Crippen LogP contribution is -2.37. The molecule has 0 bridgehead atoms. The number of benzene rings is 1. The van der Waals surface area contributed by atoms with Crippen molar-refractivity contribution < 1.29 is 9.47 Å². The van der Waals surface area contributed by atoms with Crippen LogP contribution in [0.3, 0.4) is 0 Å². The smallest absolute Gasteiger partial charge is 0.213 e.